The van der Waals surface area contributed by atoms with E-state index in [1.165, 1.54) is 17.8 Å². The van der Waals surface area contributed by atoms with E-state index in [-0.39, 0.29) is 29.9 Å². The van der Waals surface area contributed by atoms with Gasteiger partial charge in [-0.1, -0.05) is 43.9 Å². The third-order valence-corrected chi connectivity index (χ3v) is 8.49. The van der Waals surface area contributed by atoms with Crippen LogP contribution in [0.25, 0.3) is 10.2 Å². The normalized spacial score (nSPS) is 16.2. The molecule has 1 aliphatic carbocycles. The van der Waals surface area contributed by atoms with Gasteiger partial charge in [-0.05, 0) is 70.0 Å². The fourth-order valence-corrected chi connectivity index (χ4v) is 6.52. The number of ketones is 2. The van der Waals surface area contributed by atoms with E-state index in [1.807, 2.05) is 50.2 Å². The number of amides is 1. The zero-order chi connectivity index (χ0) is 27.5. The van der Waals surface area contributed by atoms with E-state index in [1.54, 1.807) is 6.08 Å². The second kappa shape index (κ2) is 15.5. The number of thiazole rings is 1. The lowest BCUT2D eigenvalue weighted by Gasteiger charge is -2.32. The molecule has 8 heteroatoms. The zero-order valence-electron chi connectivity index (χ0n) is 23.0. The summed E-state index contributed by atoms with van der Waals surface area (Å²) in [6.07, 6.45) is 12.1. The lowest BCUT2D eigenvalue weighted by molar-refractivity contribution is -0.130. The summed E-state index contributed by atoms with van der Waals surface area (Å²) in [5.74, 6) is -0.0236. The molecule has 0 saturated heterocycles. The molecule has 2 aromatic rings. The summed E-state index contributed by atoms with van der Waals surface area (Å²) < 4.78 is 0.979. The SMILES string of the molecule is CCCC(=O)C[C@@H](Cc1nc2ccc(Cl)cc2s1)C(=O)N[C@H](CCC(=O)/C=C/CN(C)C)C1CCCCC1. The van der Waals surface area contributed by atoms with Gasteiger partial charge >= 0.3 is 0 Å². The average Bonchev–Trinajstić information content (AvgIpc) is 3.27. The average molecular weight is 560 g/mol. The molecule has 0 aliphatic heterocycles. The van der Waals surface area contributed by atoms with Gasteiger partial charge in [-0.2, -0.15) is 0 Å². The number of aromatic nitrogens is 1. The maximum absolute atomic E-state index is 13.7. The van der Waals surface area contributed by atoms with Gasteiger partial charge < -0.3 is 10.2 Å². The molecule has 1 aliphatic rings. The number of allylic oxidation sites excluding steroid dienone is 1. The molecule has 0 unspecified atom stereocenters. The van der Waals surface area contributed by atoms with Gasteiger partial charge in [0.05, 0.1) is 21.1 Å². The number of halogens is 1. The Morgan fingerprint density at radius 3 is 2.66 bits per heavy atom. The molecule has 1 N–H and O–H groups in total. The van der Waals surface area contributed by atoms with Gasteiger partial charge in [-0.15, -0.1) is 11.3 Å². The molecule has 1 heterocycles. The van der Waals surface area contributed by atoms with Gasteiger partial charge in [0.15, 0.2) is 5.78 Å². The quantitative estimate of drug-likeness (QED) is 0.255. The Labute approximate surface area is 236 Å². The van der Waals surface area contributed by atoms with Crippen LogP contribution in [-0.4, -0.2) is 54.0 Å². The van der Waals surface area contributed by atoms with Crippen molar-refractivity contribution >= 4 is 50.6 Å². The predicted molar refractivity (Wildman–Crippen MR) is 157 cm³/mol. The van der Waals surface area contributed by atoms with Crippen molar-refractivity contribution in [3.05, 3.63) is 40.4 Å². The molecule has 1 fully saturated rings. The highest BCUT2D eigenvalue weighted by atomic mass is 35.5. The summed E-state index contributed by atoms with van der Waals surface area (Å²) in [6, 6.07) is 5.52. The molecule has 3 rings (SSSR count). The number of Topliss-reactive ketones (excluding diaryl/α,β-unsaturated/α-hetero) is 1. The summed E-state index contributed by atoms with van der Waals surface area (Å²) >= 11 is 7.68. The van der Waals surface area contributed by atoms with E-state index in [2.05, 4.69) is 5.32 Å². The monoisotopic (exact) mass is 559 g/mol. The molecule has 0 bridgehead atoms. The number of hydrogen-bond acceptors (Lipinski definition) is 6. The van der Waals surface area contributed by atoms with Crippen LogP contribution in [0.5, 0.6) is 0 Å². The molecule has 0 radical (unpaired) electrons. The van der Waals surface area contributed by atoms with Crippen LogP contribution >= 0.6 is 22.9 Å². The van der Waals surface area contributed by atoms with Crippen LogP contribution in [-0.2, 0) is 20.8 Å². The number of benzene rings is 1. The summed E-state index contributed by atoms with van der Waals surface area (Å²) in [6.45, 7) is 2.70. The number of rotatable bonds is 15. The third kappa shape index (κ3) is 9.90. The first-order valence-electron chi connectivity index (χ1n) is 14.0. The summed E-state index contributed by atoms with van der Waals surface area (Å²) in [5.41, 5.74) is 0.856. The van der Waals surface area contributed by atoms with Crippen molar-refractivity contribution in [1.29, 1.82) is 0 Å². The van der Waals surface area contributed by atoms with Crippen molar-refractivity contribution < 1.29 is 14.4 Å². The Balaban J connectivity index is 1.73. The molecule has 6 nitrogen and oxygen atoms in total. The minimum atomic E-state index is -0.480. The van der Waals surface area contributed by atoms with Crippen LogP contribution in [0.3, 0.4) is 0 Å². The smallest absolute Gasteiger partial charge is 0.224 e. The number of nitrogens with one attached hydrogen (secondary N) is 1. The lowest BCUT2D eigenvalue weighted by Crippen LogP contribution is -2.45. The maximum Gasteiger partial charge on any atom is 0.224 e. The second-order valence-electron chi connectivity index (χ2n) is 10.8. The molecule has 1 amide bonds. The fraction of sp³-hybridized carbons (Fsp3) is 0.600. The van der Waals surface area contributed by atoms with E-state index in [9.17, 15) is 14.4 Å². The van der Waals surface area contributed by atoms with Crippen molar-refractivity contribution in [2.75, 3.05) is 20.6 Å². The molecule has 208 valence electrons. The molecule has 1 aromatic carbocycles. The van der Waals surface area contributed by atoms with Crippen molar-refractivity contribution in [1.82, 2.24) is 15.2 Å². The molecular formula is C30H42ClN3O3S. The number of hydrogen-bond donors (Lipinski definition) is 1. The Kier molecular flexibility index (Phi) is 12.4. The van der Waals surface area contributed by atoms with Crippen LogP contribution in [0.2, 0.25) is 5.02 Å². The van der Waals surface area contributed by atoms with Crippen molar-refractivity contribution in [3.8, 4) is 0 Å². The van der Waals surface area contributed by atoms with Gasteiger partial charge in [-0.3, -0.25) is 14.4 Å². The lowest BCUT2D eigenvalue weighted by atomic mass is 9.81. The minimum Gasteiger partial charge on any atom is -0.353 e. The first kappa shape index (κ1) is 30.5. The molecule has 1 aromatic heterocycles. The number of carbonyl (C=O) groups excluding carboxylic acids is 3. The molecule has 0 spiro atoms. The highest BCUT2D eigenvalue weighted by molar-refractivity contribution is 7.18. The van der Waals surface area contributed by atoms with Crippen LogP contribution in [0.15, 0.2) is 30.4 Å². The summed E-state index contributed by atoms with van der Waals surface area (Å²) in [4.78, 5) is 45.6. The number of nitrogens with zero attached hydrogens (tertiary/aromatic N) is 2. The van der Waals surface area contributed by atoms with Crippen LogP contribution in [0.4, 0.5) is 0 Å². The van der Waals surface area contributed by atoms with Gasteiger partial charge in [0.1, 0.15) is 5.78 Å². The maximum atomic E-state index is 13.7. The Morgan fingerprint density at radius 2 is 1.95 bits per heavy atom. The largest absolute Gasteiger partial charge is 0.353 e. The third-order valence-electron chi connectivity index (χ3n) is 7.21. The standard InChI is InChI=1S/C30H42ClN3O3S/c1-4-9-25(36)18-22(19-29-32-27-15-13-23(31)20-28(27)38-29)30(37)33-26(21-10-6-5-7-11-21)16-14-24(35)12-8-17-34(2)3/h8,12-13,15,20-22,26H,4-7,9-11,14,16-19H2,1-3H3,(H,33,37)/b12-8+/t22-,26+/m0/s1. The predicted octanol–water partition coefficient (Wildman–Crippen LogP) is 6.40. The van der Waals surface area contributed by atoms with Crippen LogP contribution < -0.4 is 5.32 Å². The molecule has 1 saturated carbocycles. The van der Waals surface area contributed by atoms with Gasteiger partial charge in [-0.25, -0.2) is 4.98 Å². The van der Waals surface area contributed by atoms with Gasteiger partial charge in [0.2, 0.25) is 5.91 Å². The first-order valence-corrected chi connectivity index (χ1v) is 15.2. The van der Waals surface area contributed by atoms with E-state index < -0.39 is 5.92 Å². The Morgan fingerprint density at radius 1 is 1.18 bits per heavy atom. The summed E-state index contributed by atoms with van der Waals surface area (Å²) in [7, 11) is 3.93. The van der Waals surface area contributed by atoms with Crippen LogP contribution in [0.1, 0.15) is 76.1 Å². The Hall–Kier alpha value is -2.09. The highest BCUT2D eigenvalue weighted by Gasteiger charge is 2.30. The number of fused-ring (bicyclic) bond motifs is 1. The fourth-order valence-electron chi connectivity index (χ4n) is 5.20. The van der Waals surface area contributed by atoms with E-state index in [0.717, 1.165) is 53.9 Å². The van der Waals surface area contributed by atoms with Crippen molar-refractivity contribution in [2.45, 2.75) is 83.6 Å². The van der Waals surface area contributed by atoms with Crippen molar-refractivity contribution in [3.63, 3.8) is 0 Å². The molecule has 38 heavy (non-hydrogen) atoms. The van der Waals surface area contributed by atoms with Crippen molar-refractivity contribution in [2.24, 2.45) is 11.8 Å². The summed E-state index contributed by atoms with van der Waals surface area (Å²) in [5, 5.41) is 4.80. The zero-order valence-corrected chi connectivity index (χ0v) is 24.6. The number of likely N-dealkylation sites (N-methyl/N-ethyl adjacent to an activating group) is 1. The number of carbonyl (C=O) groups is 3. The van der Waals surface area contributed by atoms with E-state index in [0.29, 0.717) is 36.6 Å². The van der Waals surface area contributed by atoms with Gasteiger partial charge in [0, 0.05) is 43.3 Å². The van der Waals surface area contributed by atoms with Gasteiger partial charge in [0.25, 0.3) is 0 Å². The topological polar surface area (TPSA) is 79.4 Å². The van der Waals surface area contributed by atoms with Crippen LogP contribution in [0, 0.1) is 11.8 Å². The molecular weight excluding hydrogens is 518 g/mol. The Bertz CT molecular complexity index is 1110. The first-order chi connectivity index (χ1) is 18.2. The molecule has 2 atom stereocenters. The second-order valence-corrected chi connectivity index (χ2v) is 12.3. The van der Waals surface area contributed by atoms with E-state index >= 15 is 0 Å². The van der Waals surface area contributed by atoms with E-state index in [4.69, 9.17) is 16.6 Å². The minimum absolute atomic E-state index is 0.0630. The highest BCUT2D eigenvalue weighted by Crippen LogP contribution is 2.30.